The Morgan fingerprint density at radius 1 is 1.47 bits per heavy atom. The third-order valence-electron chi connectivity index (χ3n) is 2.60. The molecule has 1 aromatic heterocycles. The summed E-state index contributed by atoms with van der Waals surface area (Å²) < 4.78 is 0. The molecule has 82 valence electrons. The first-order valence-corrected chi connectivity index (χ1v) is 5.52. The number of nitrogens with zero attached hydrogens (tertiary/aromatic N) is 1. The van der Waals surface area contributed by atoms with Gasteiger partial charge in [0.2, 0.25) is 0 Å². The van der Waals surface area contributed by atoms with Crippen molar-refractivity contribution in [3.05, 3.63) is 17.4 Å². The molecule has 0 saturated carbocycles. The molecule has 4 N–H and O–H groups in total. The third kappa shape index (κ3) is 2.73. The zero-order valence-electron chi connectivity index (χ0n) is 8.46. The Morgan fingerprint density at radius 2 is 2.20 bits per heavy atom. The lowest BCUT2D eigenvalue weighted by atomic mass is 10.1. The molecule has 1 aliphatic heterocycles. The van der Waals surface area contributed by atoms with Gasteiger partial charge >= 0.3 is 0 Å². The Labute approximate surface area is 94.2 Å². The van der Waals surface area contributed by atoms with Crippen molar-refractivity contribution >= 4 is 23.0 Å². The first kappa shape index (κ1) is 10.5. The highest BCUT2D eigenvalue weighted by atomic mass is 35.5. The summed E-state index contributed by atoms with van der Waals surface area (Å²) in [6.45, 7) is 2.10. The second-order valence-corrected chi connectivity index (χ2v) is 4.15. The number of rotatable bonds is 2. The fourth-order valence-corrected chi connectivity index (χ4v) is 1.91. The molecule has 5 heteroatoms. The Balaban J connectivity index is 2.05. The van der Waals surface area contributed by atoms with Gasteiger partial charge in [0.25, 0.3) is 0 Å². The Hall–Kier alpha value is -1.00. The number of pyridine rings is 1. The molecular weight excluding hydrogens is 212 g/mol. The van der Waals surface area contributed by atoms with Crippen LogP contribution in [0.5, 0.6) is 0 Å². The van der Waals surface area contributed by atoms with Crippen molar-refractivity contribution in [3.63, 3.8) is 0 Å². The highest BCUT2D eigenvalue weighted by molar-refractivity contribution is 6.29. The fourth-order valence-electron chi connectivity index (χ4n) is 1.75. The number of nitrogens with two attached hydrogens (primary N) is 1. The molecule has 1 aromatic rings. The highest BCUT2D eigenvalue weighted by Gasteiger charge is 2.13. The van der Waals surface area contributed by atoms with Crippen molar-refractivity contribution in [1.29, 1.82) is 0 Å². The predicted molar refractivity (Wildman–Crippen MR) is 63.2 cm³/mol. The topological polar surface area (TPSA) is 63.0 Å². The molecule has 0 amide bonds. The smallest absolute Gasteiger partial charge is 0.131 e. The summed E-state index contributed by atoms with van der Waals surface area (Å²) in [7, 11) is 0. The van der Waals surface area contributed by atoms with E-state index in [1.54, 1.807) is 12.3 Å². The van der Waals surface area contributed by atoms with Gasteiger partial charge in [-0.05, 0) is 25.9 Å². The standard InChI is InChI=1S/C10H15ClN4/c11-10-5-9(8(12)6-14-10)15-7-1-3-13-4-2-7/h5-7,13H,1-4,12H2,(H,14,15). The number of piperidine rings is 1. The molecule has 4 nitrogen and oxygen atoms in total. The van der Waals surface area contributed by atoms with Crippen LogP contribution in [0.15, 0.2) is 12.3 Å². The predicted octanol–water partition coefficient (Wildman–Crippen LogP) is 1.48. The second-order valence-electron chi connectivity index (χ2n) is 3.76. The van der Waals surface area contributed by atoms with Gasteiger partial charge < -0.3 is 16.4 Å². The molecule has 0 aromatic carbocycles. The van der Waals surface area contributed by atoms with E-state index in [2.05, 4.69) is 15.6 Å². The molecule has 0 bridgehead atoms. The quantitative estimate of drug-likeness (QED) is 0.669. The van der Waals surface area contributed by atoms with Crippen LogP contribution in [-0.2, 0) is 0 Å². The summed E-state index contributed by atoms with van der Waals surface area (Å²) >= 11 is 5.82. The van der Waals surface area contributed by atoms with Gasteiger partial charge in [-0.1, -0.05) is 11.6 Å². The minimum atomic E-state index is 0.473. The van der Waals surface area contributed by atoms with Crippen LogP contribution in [0.3, 0.4) is 0 Å². The Bertz CT molecular complexity index is 336. The SMILES string of the molecule is Nc1cnc(Cl)cc1NC1CCNCC1. The van der Waals surface area contributed by atoms with Crippen LogP contribution in [0.1, 0.15) is 12.8 Å². The van der Waals surface area contributed by atoms with E-state index in [0.717, 1.165) is 31.6 Å². The zero-order chi connectivity index (χ0) is 10.7. The van der Waals surface area contributed by atoms with E-state index in [9.17, 15) is 0 Å². The third-order valence-corrected chi connectivity index (χ3v) is 2.81. The Kier molecular flexibility index (Phi) is 3.28. The molecule has 0 spiro atoms. The summed E-state index contributed by atoms with van der Waals surface area (Å²) in [5.41, 5.74) is 7.35. The average Bonchev–Trinajstić information content (AvgIpc) is 2.25. The molecule has 0 aliphatic carbocycles. The number of anilines is 2. The van der Waals surface area contributed by atoms with Gasteiger partial charge in [-0.15, -0.1) is 0 Å². The lowest BCUT2D eigenvalue weighted by Gasteiger charge is -2.25. The molecular formula is C10H15ClN4. The molecule has 2 rings (SSSR count). The van der Waals surface area contributed by atoms with Crippen molar-refractivity contribution in [2.75, 3.05) is 24.1 Å². The van der Waals surface area contributed by atoms with Gasteiger partial charge in [-0.2, -0.15) is 0 Å². The van der Waals surface area contributed by atoms with Crippen LogP contribution in [0.25, 0.3) is 0 Å². The normalized spacial score (nSPS) is 17.7. The van der Waals surface area contributed by atoms with Crippen LogP contribution in [-0.4, -0.2) is 24.1 Å². The maximum atomic E-state index is 5.82. The average molecular weight is 227 g/mol. The number of hydrogen-bond donors (Lipinski definition) is 3. The van der Waals surface area contributed by atoms with Crippen molar-refractivity contribution in [3.8, 4) is 0 Å². The largest absolute Gasteiger partial charge is 0.396 e. The van der Waals surface area contributed by atoms with Crippen LogP contribution in [0.2, 0.25) is 5.15 Å². The maximum Gasteiger partial charge on any atom is 0.131 e. The fraction of sp³-hybridized carbons (Fsp3) is 0.500. The minimum Gasteiger partial charge on any atom is -0.396 e. The lowest BCUT2D eigenvalue weighted by molar-refractivity contribution is 0.479. The van der Waals surface area contributed by atoms with E-state index in [1.165, 1.54) is 0 Å². The Morgan fingerprint density at radius 3 is 2.93 bits per heavy atom. The number of halogens is 1. The van der Waals surface area contributed by atoms with Crippen molar-refractivity contribution in [2.45, 2.75) is 18.9 Å². The molecule has 0 radical (unpaired) electrons. The molecule has 0 unspecified atom stereocenters. The van der Waals surface area contributed by atoms with Crippen LogP contribution >= 0.6 is 11.6 Å². The monoisotopic (exact) mass is 226 g/mol. The minimum absolute atomic E-state index is 0.473. The van der Waals surface area contributed by atoms with E-state index in [1.807, 2.05) is 0 Å². The van der Waals surface area contributed by atoms with Gasteiger partial charge in [-0.25, -0.2) is 4.98 Å². The van der Waals surface area contributed by atoms with Crippen molar-refractivity contribution < 1.29 is 0 Å². The summed E-state index contributed by atoms with van der Waals surface area (Å²) in [6.07, 6.45) is 3.81. The summed E-state index contributed by atoms with van der Waals surface area (Å²) in [5, 5.41) is 7.19. The first-order valence-electron chi connectivity index (χ1n) is 5.14. The highest BCUT2D eigenvalue weighted by Crippen LogP contribution is 2.22. The molecule has 0 atom stereocenters. The second kappa shape index (κ2) is 4.68. The van der Waals surface area contributed by atoms with Gasteiger partial charge in [0.15, 0.2) is 0 Å². The van der Waals surface area contributed by atoms with Crippen LogP contribution in [0, 0.1) is 0 Å². The zero-order valence-corrected chi connectivity index (χ0v) is 9.22. The molecule has 1 aliphatic rings. The number of nitrogens with one attached hydrogen (secondary N) is 2. The number of nitrogen functional groups attached to an aromatic ring is 1. The van der Waals surface area contributed by atoms with Crippen molar-refractivity contribution in [2.24, 2.45) is 0 Å². The van der Waals surface area contributed by atoms with Crippen LogP contribution < -0.4 is 16.4 Å². The van der Waals surface area contributed by atoms with E-state index in [-0.39, 0.29) is 0 Å². The molecule has 1 fully saturated rings. The number of hydrogen-bond acceptors (Lipinski definition) is 4. The molecule has 15 heavy (non-hydrogen) atoms. The molecule has 2 heterocycles. The number of aromatic nitrogens is 1. The van der Waals surface area contributed by atoms with E-state index in [4.69, 9.17) is 17.3 Å². The first-order chi connectivity index (χ1) is 7.25. The van der Waals surface area contributed by atoms with E-state index >= 15 is 0 Å². The lowest BCUT2D eigenvalue weighted by Crippen LogP contribution is -2.35. The van der Waals surface area contributed by atoms with Gasteiger partial charge in [0.05, 0.1) is 17.6 Å². The van der Waals surface area contributed by atoms with Gasteiger partial charge in [0.1, 0.15) is 5.15 Å². The summed E-state index contributed by atoms with van der Waals surface area (Å²) in [6, 6.07) is 2.26. The van der Waals surface area contributed by atoms with E-state index < -0.39 is 0 Å². The van der Waals surface area contributed by atoms with Crippen LogP contribution in [0.4, 0.5) is 11.4 Å². The molecule has 1 saturated heterocycles. The van der Waals surface area contributed by atoms with Gasteiger partial charge in [-0.3, -0.25) is 0 Å². The van der Waals surface area contributed by atoms with Gasteiger partial charge in [0, 0.05) is 12.1 Å². The maximum absolute atomic E-state index is 5.82. The van der Waals surface area contributed by atoms with E-state index in [0.29, 0.717) is 16.9 Å². The summed E-state index contributed by atoms with van der Waals surface area (Å²) in [4.78, 5) is 3.92. The van der Waals surface area contributed by atoms with Crippen molar-refractivity contribution in [1.82, 2.24) is 10.3 Å². The summed E-state index contributed by atoms with van der Waals surface area (Å²) in [5.74, 6) is 0.